The van der Waals surface area contributed by atoms with Crippen molar-refractivity contribution in [2.24, 2.45) is 0 Å². The van der Waals surface area contributed by atoms with Crippen LogP contribution in [0.4, 0.5) is 11.5 Å². The average molecular weight is 261 g/mol. The molecule has 0 atom stereocenters. The SMILES string of the molecule is N#Cc1ccnc(NCCCNC2CC2)c1[N+](=O)[O-]. The van der Waals surface area contributed by atoms with Crippen LogP contribution >= 0.6 is 0 Å². The van der Waals surface area contributed by atoms with Crippen molar-refractivity contribution in [2.75, 3.05) is 18.4 Å². The Morgan fingerprint density at radius 2 is 2.32 bits per heavy atom. The van der Waals surface area contributed by atoms with Crippen LogP contribution in [0.1, 0.15) is 24.8 Å². The number of anilines is 1. The second-order valence-corrected chi connectivity index (χ2v) is 4.43. The molecule has 0 aliphatic heterocycles. The highest BCUT2D eigenvalue weighted by Crippen LogP contribution is 2.25. The predicted octanol–water partition coefficient (Wildman–Crippen LogP) is 1.42. The van der Waals surface area contributed by atoms with E-state index in [4.69, 9.17) is 5.26 Å². The normalized spacial score (nSPS) is 13.8. The first kappa shape index (κ1) is 13.2. The number of hydrogen-bond acceptors (Lipinski definition) is 6. The van der Waals surface area contributed by atoms with Crippen LogP contribution in [-0.4, -0.2) is 29.0 Å². The third-order valence-corrected chi connectivity index (χ3v) is 2.88. The third-order valence-electron chi connectivity index (χ3n) is 2.88. The van der Waals surface area contributed by atoms with E-state index in [1.807, 2.05) is 6.07 Å². The van der Waals surface area contributed by atoms with E-state index in [0.717, 1.165) is 13.0 Å². The summed E-state index contributed by atoms with van der Waals surface area (Å²) in [5, 5.41) is 26.1. The monoisotopic (exact) mass is 261 g/mol. The molecule has 0 bridgehead atoms. The first-order chi connectivity index (χ1) is 9.22. The van der Waals surface area contributed by atoms with Crippen LogP contribution in [0.2, 0.25) is 0 Å². The lowest BCUT2D eigenvalue weighted by atomic mass is 10.2. The zero-order chi connectivity index (χ0) is 13.7. The van der Waals surface area contributed by atoms with Crippen LogP contribution < -0.4 is 10.6 Å². The Morgan fingerprint density at radius 3 is 2.95 bits per heavy atom. The largest absolute Gasteiger partial charge is 0.364 e. The molecule has 1 aromatic heterocycles. The van der Waals surface area contributed by atoms with Crippen molar-refractivity contribution in [3.63, 3.8) is 0 Å². The van der Waals surface area contributed by atoms with Gasteiger partial charge in [0.05, 0.1) is 4.92 Å². The van der Waals surface area contributed by atoms with E-state index in [2.05, 4.69) is 15.6 Å². The van der Waals surface area contributed by atoms with Crippen molar-refractivity contribution in [1.82, 2.24) is 10.3 Å². The molecule has 1 aromatic rings. The van der Waals surface area contributed by atoms with E-state index in [1.54, 1.807) is 0 Å². The molecule has 1 aliphatic carbocycles. The second-order valence-electron chi connectivity index (χ2n) is 4.43. The summed E-state index contributed by atoms with van der Waals surface area (Å²) in [6.07, 6.45) is 4.73. The van der Waals surface area contributed by atoms with Gasteiger partial charge in [0.2, 0.25) is 5.82 Å². The van der Waals surface area contributed by atoms with Gasteiger partial charge in [0, 0.05) is 18.8 Å². The number of nitrogens with zero attached hydrogens (tertiary/aromatic N) is 3. The fraction of sp³-hybridized carbons (Fsp3) is 0.500. The number of nitriles is 1. The molecule has 1 aliphatic rings. The van der Waals surface area contributed by atoms with Crippen molar-refractivity contribution >= 4 is 11.5 Å². The molecule has 100 valence electrons. The summed E-state index contributed by atoms with van der Waals surface area (Å²) in [5.41, 5.74) is -0.223. The van der Waals surface area contributed by atoms with Gasteiger partial charge < -0.3 is 10.6 Å². The van der Waals surface area contributed by atoms with Gasteiger partial charge in [-0.15, -0.1) is 0 Å². The molecule has 0 unspecified atom stereocenters. The number of nitrogens with one attached hydrogen (secondary N) is 2. The maximum atomic E-state index is 11.0. The maximum Gasteiger partial charge on any atom is 0.328 e. The van der Waals surface area contributed by atoms with E-state index in [1.165, 1.54) is 25.1 Å². The van der Waals surface area contributed by atoms with Crippen LogP contribution in [0, 0.1) is 21.4 Å². The smallest absolute Gasteiger partial charge is 0.328 e. The maximum absolute atomic E-state index is 11.0. The van der Waals surface area contributed by atoms with E-state index in [9.17, 15) is 10.1 Å². The van der Waals surface area contributed by atoms with Gasteiger partial charge >= 0.3 is 5.69 Å². The Kier molecular flexibility index (Phi) is 4.26. The minimum Gasteiger partial charge on any atom is -0.364 e. The number of aromatic nitrogens is 1. The summed E-state index contributed by atoms with van der Waals surface area (Å²) in [6, 6.07) is 3.81. The Bertz CT molecular complexity index is 507. The lowest BCUT2D eigenvalue weighted by molar-refractivity contribution is -0.384. The van der Waals surface area contributed by atoms with Gasteiger partial charge in [-0.2, -0.15) is 5.26 Å². The van der Waals surface area contributed by atoms with Gasteiger partial charge in [-0.25, -0.2) is 4.98 Å². The summed E-state index contributed by atoms with van der Waals surface area (Å²) >= 11 is 0. The van der Waals surface area contributed by atoms with Gasteiger partial charge in [0.1, 0.15) is 11.6 Å². The number of rotatable bonds is 7. The van der Waals surface area contributed by atoms with Crippen LogP contribution in [0.5, 0.6) is 0 Å². The van der Waals surface area contributed by atoms with Crippen LogP contribution in [-0.2, 0) is 0 Å². The average Bonchev–Trinajstić information content (AvgIpc) is 3.21. The van der Waals surface area contributed by atoms with Gasteiger partial charge in [-0.05, 0) is 31.9 Å². The van der Waals surface area contributed by atoms with Crippen LogP contribution in [0.3, 0.4) is 0 Å². The highest BCUT2D eigenvalue weighted by molar-refractivity contribution is 5.63. The first-order valence-corrected chi connectivity index (χ1v) is 6.23. The molecule has 1 fully saturated rings. The quantitative estimate of drug-likeness (QED) is 0.437. The predicted molar refractivity (Wildman–Crippen MR) is 69.7 cm³/mol. The molecule has 0 radical (unpaired) electrons. The molecular formula is C12H15N5O2. The zero-order valence-corrected chi connectivity index (χ0v) is 10.4. The molecule has 0 saturated heterocycles. The lowest BCUT2D eigenvalue weighted by Gasteiger charge is -2.07. The van der Waals surface area contributed by atoms with Gasteiger partial charge in [-0.1, -0.05) is 0 Å². The summed E-state index contributed by atoms with van der Waals surface area (Å²) in [6.45, 7) is 1.46. The van der Waals surface area contributed by atoms with E-state index < -0.39 is 4.92 Å². The van der Waals surface area contributed by atoms with Crippen LogP contribution in [0.25, 0.3) is 0 Å². The Morgan fingerprint density at radius 1 is 1.53 bits per heavy atom. The summed E-state index contributed by atoms with van der Waals surface area (Å²) in [4.78, 5) is 14.3. The standard InChI is InChI=1S/C12H15N5O2/c13-8-9-4-7-16-12(11(9)17(18)19)15-6-1-5-14-10-2-3-10/h4,7,10,14H,1-3,5-6H2,(H,15,16). The van der Waals surface area contributed by atoms with Crippen molar-refractivity contribution < 1.29 is 4.92 Å². The molecule has 7 nitrogen and oxygen atoms in total. The zero-order valence-electron chi connectivity index (χ0n) is 10.4. The fourth-order valence-corrected chi connectivity index (χ4v) is 1.75. The summed E-state index contributed by atoms with van der Waals surface area (Å²) < 4.78 is 0. The molecule has 0 spiro atoms. The van der Waals surface area contributed by atoms with E-state index >= 15 is 0 Å². The molecule has 0 aromatic carbocycles. The number of hydrogen-bond donors (Lipinski definition) is 2. The molecular weight excluding hydrogens is 246 g/mol. The number of nitro groups is 1. The Hall–Kier alpha value is -2.20. The second kappa shape index (κ2) is 6.11. The molecule has 1 heterocycles. The van der Waals surface area contributed by atoms with Crippen molar-refractivity contribution in [3.8, 4) is 6.07 Å². The fourth-order valence-electron chi connectivity index (χ4n) is 1.75. The topological polar surface area (TPSA) is 104 Å². The van der Waals surface area contributed by atoms with Crippen molar-refractivity contribution in [3.05, 3.63) is 27.9 Å². The summed E-state index contributed by atoms with van der Waals surface area (Å²) in [5.74, 6) is 0.162. The first-order valence-electron chi connectivity index (χ1n) is 6.23. The highest BCUT2D eigenvalue weighted by Gasteiger charge is 2.21. The molecule has 2 N–H and O–H groups in total. The molecule has 1 saturated carbocycles. The third kappa shape index (κ3) is 3.63. The van der Waals surface area contributed by atoms with Crippen LogP contribution in [0.15, 0.2) is 12.3 Å². The Labute approximate surface area is 110 Å². The van der Waals surface area contributed by atoms with E-state index in [-0.39, 0.29) is 17.1 Å². The molecule has 7 heteroatoms. The highest BCUT2D eigenvalue weighted by atomic mass is 16.6. The lowest BCUT2D eigenvalue weighted by Crippen LogP contribution is -2.20. The van der Waals surface area contributed by atoms with E-state index in [0.29, 0.717) is 12.6 Å². The van der Waals surface area contributed by atoms with Gasteiger partial charge in [-0.3, -0.25) is 10.1 Å². The van der Waals surface area contributed by atoms with Crippen molar-refractivity contribution in [1.29, 1.82) is 5.26 Å². The molecule has 2 rings (SSSR count). The van der Waals surface area contributed by atoms with Gasteiger partial charge in [0.25, 0.3) is 0 Å². The van der Waals surface area contributed by atoms with Crippen molar-refractivity contribution in [2.45, 2.75) is 25.3 Å². The summed E-state index contributed by atoms with van der Waals surface area (Å²) in [7, 11) is 0. The molecule has 0 amide bonds. The molecule has 19 heavy (non-hydrogen) atoms. The minimum absolute atomic E-state index is 0.0265. The van der Waals surface area contributed by atoms with Gasteiger partial charge in [0.15, 0.2) is 0 Å². The Balaban J connectivity index is 1.91. The minimum atomic E-state index is -0.573. The number of pyridine rings is 1.